The fourth-order valence-electron chi connectivity index (χ4n) is 3.48. The molecule has 0 spiro atoms. The molecule has 0 saturated carbocycles. The molecule has 2 aromatic rings. The number of amides is 2. The van der Waals surface area contributed by atoms with E-state index in [1.165, 1.54) is 4.31 Å². The molecule has 0 radical (unpaired) electrons. The Morgan fingerprint density at radius 2 is 1.58 bits per heavy atom. The second kappa shape index (κ2) is 11.8. The quantitative estimate of drug-likeness (QED) is 0.541. The normalized spacial score (nSPS) is 12.3. The Kier molecular flexibility index (Phi) is 9.46. The van der Waals surface area contributed by atoms with Gasteiger partial charge in [-0.1, -0.05) is 48.0 Å². The van der Waals surface area contributed by atoms with Gasteiger partial charge in [-0.25, -0.2) is 8.42 Å². The average Bonchev–Trinajstić information content (AvgIpc) is 2.75. The third kappa shape index (κ3) is 8.20. The minimum absolute atomic E-state index is 0.0366. The van der Waals surface area contributed by atoms with Crippen molar-refractivity contribution in [3.63, 3.8) is 0 Å². The van der Waals surface area contributed by atoms with Gasteiger partial charge in [0, 0.05) is 25.6 Å². The first-order valence-corrected chi connectivity index (χ1v) is 13.0. The fourth-order valence-corrected chi connectivity index (χ4v) is 4.44. The molecule has 2 rings (SSSR count). The molecule has 8 heteroatoms. The Hall–Kier alpha value is -2.87. The Balaban J connectivity index is 2.14. The summed E-state index contributed by atoms with van der Waals surface area (Å²) >= 11 is 0. The molecule has 1 N–H and O–H groups in total. The molecule has 0 aliphatic carbocycles. The van der Waals surface area contributed by atoms with Crippen LogP contribution in [-0.2, 0) is 26.2 Å². The van der Waals surface area contributed by atoms with E-state index in [0.29, 0.717) is 18.7 Å². The summed E-state index contributed by atoms with van der Waals surface area (Å²) in [5.74, 6) is -0.406. The van der Waals surface area contributed by atoms with Crippen LogP contribution in [0.5, 0.6) is 0 Å². The van der Waals surface area contributed by atoms with Crippen LogP contribution in [0.3, 0.4) is 0 Å². The molecule has 0 aliphatic heterocycles. The highest BCUT2D eigenvalue weighted by molar-refractivity contribution is 7.92. The SMILES string of the molecule is Cc1ccc(CN(C(=O)CCCN(c2ccccc2)S(C)(=O)=O)C(C)C(=O)NC(C)C)cc1. The molecule has 180 valence electrons. The van der Waals surface area contributed by atoms with Gasteiger partial charge in [-0.05, 0) is 51.8 Å². The van der Waals surface area contributed by atoms with Crippen LogP contribution in [0.15, 0.2) is 54.6 Å². The third-order valence-electron chi connectivity index (χ3n) is 5.27. The molecular formula is C25H35N3O4S. The summed E-state index contributed by atoms with van der Waals surface area (Å²) in [5.41, 5.74) is 2.61. The van der Waals surface area contributed by atoms with Gasteiger partial charge in [0.25, 0.3) is 0 Å². The van der Waals surface area contributed by atoms with Crippen LogP contribution < -0.4 is 9.62 Å². The smallest absolute Gasteiger partial charge is 0.242 e. The molecule has 2 amide bonds. The van der Waals surface area contributed by atoms with Gasteiger partial charge in [-0.15, -0.1) is 0 Å². The van der Waals surface area contributed by atoms with E-state index in [4.69, 9.17) is 0 Å². The molecule has 1 atom stereocenters. The lowest BCUT2D eigenvalue weighted by atomic mass is 10.1. The zero-order valence-electron chi connectivity index (χ0n) is 20.1. The minimum Gasteiger partial charge on any atom is -0.352 e. The first kappa shape index (κ1) is 26.4. The number of carbonyl (C=O) groups excluding carboxylic acids is 2. The van der Waals surface area contributed by atoms with Crippen molar-refractivity contribution < 1.29 is 18.0 Å². The Labute approximate surface area is 197 Å². The molecule has 0 aromatic heterocycles. The average molecular weight is 474 g/mol. The highest BCUT2D eigenvalue weighted by atomic mass is 32.2. The van der Waals surface area contributed by atoms with Gasteiger partial charge in [0.2, 0.25) is 21.8 Å². The van der Waals surface area contributed by atoms with E-state index in [1.54, 1.807) is 36.1 Å². The van der Waals surface area contributed by atoms with E-state index in [2.05, 4.69) is 5.32 Å². The maximum Gasteiger partial charge on any atom is 0.242 e. The van der Waals surface area contributed by atoms with Gasteiger partial charge < -0.3 is 10.2 Å². The predicted molar refractivity (Wildman–Crippen MR) is 132 cm³/mol. The number of para-hydroxylation sites is 1. The second-order valence-corrected chi connectivity index (χ2v) is 10.5. The molecule has 7 nitrogen and oxygen atoms in total. The van der Waals surface area contributed by atoms with Gasteiger partial charge in [0.1, 0.15) is 6.04 Å². The summed E-state index contributed by atoms with van der Waals surface area (Å²) < 4.78 is 25.9. The van der Waals surface area contributed by atoms with Crippen LogP contribution in [0.4, 0.5) is 5.69 Å². The summed E-state index contributed by atoms with van der Waals surface area (Å²) in [6.07, 6.45) is 1.62. The standard InChI is InChI=1S/C25H35N3O4S/c1-19(2)26-25(30)21(4)27(18-22-15-13-20(3)14-16-22)24(29)12-9-17-28(33(5,31)32)23-10-7-6-8-11-23/h6-8,10-11,13-16,19,21H,9,12,17-18H2,1-5H3,(H,26,30). The van der Waals surface area contributed by atoms with Crippen molar-refractivity contribution in [2.24, 2.45) is 0 Å². The van der Waals surface area contributed by atoms with E-state index in [0.717, 1.165) is 17.4 Å². The van der Waals surface area contributed by atoms with Gasteiger partial charge in [-0.3, -0.25) is 13.9 Å². The summed E-state index contributed by atoms with van der Waals surface area (Å²) in [4.78, 5) is 27.4. The first-order chi connectivity index (χ1) is 15.5. The minimum atomic E-state index is -3.49. The molecular weight excluding hydrogens is 438 g/mol. The number of anilines is 1. The number of rotatable bonds is 11. The fraction of sp³-hybridized carbons (Fsp3) is 0.440. The molecule has 0 aliphatic rings. The number of hydrogen-bond donors (Lipinski definition) is 1. The van der Waals surface area contributed by atoms with Crippen molar-refractivity contribution >= 4 is 27.5 Å². The van der Waals surface area contributed by atoms with Crippen LogP contribution >= 0.6 is 0 Å². The number of nitrogens with one attached hydrogen (secondary N) is 1. The maximum absolute atomic E-state index is 13.2. The summed E-state index contributed by atoms with van der Waals surface area (Å²) in [6, 6.07) is 16.0. The van der Waals surface area contributed by atoms with Gasteiger partial charge >= 0.3 is 0 Å². The zero-order valence-corrected chi connectivity index (χ0v) is 20.9. The first-order valence-electron chi connectivity index (χ1n) is 11.2. The molecule has 33 heavy (non-hydrogen) atoms. The number of carbonyl (C=O) groups is 2. The van der Waals surface area contributed by atoms with Crippen LogP contribution in [0.25, 0.3) is 0 Å². The lowest BCUT2D eigenvalue weighted by Gasteiger charge is -2.30. The lowest BCUT2D eigenvalue weighted by Crippen LogP contribution is -2.49. The van der Waals surface area contributed by atoms with Gasteiger partial charge in [-0.2, -0.15) is 0 Å². The van der Waals surface area contributed by atoms with E-state index >= 15 is 0 Å². The van der Waals surface area contributed by atoms with Crippen molar-refractivity contribution in [1.29, 1.82) is 0 Å². The van der Waals surface area contributed by atoms with E-state index < -0.39 is 16.1 Å². The van der Waals surface area contributed by atoms with E-state index in [1.807, 2.05) is 51.1 Å². The summed E-state index contributed by atoms with van der Waals surface area (Å²) in [5, 5.41) is 2.87. The molecule has 0 fully saturated rings. The molecule has 0 heterocycles. The van der Waals surface area contributed by atoms with Crippen molar-refractivity contribution in [3.8, 4) is 0 Å². The van der Waals surface area contributed by atoms with Crippen molar-refractivity contribution in [2.75, 3.05) is 17.1 Å². The maximum atomic E-state index is 13.2. The summed E-state index contributed by atoms with van der Waals surface area (Å²) in [7, 11) is -3.49. The predicted octanol–water partition coefficient (Wildman–Crippen LogP) is 3.48. The summed E-state index contributed by atoms with van der Waals surface area (Å²) in [6.45, 7) is 7.95. The largest absolute Gasteiger partial charge is 0.352 e. The highest BCUT2D eigenvalue weighted by Gasteiger charge is 2.27. The van der Waals surface area contributed by atoms with Crippen LogP contribution in [0.1, 0.15) is 44.7 Å². The van der Waals surface area contributed by atoms with E-state index in [-0.39, 0.29) is 30.8 Å². The van der Waals surface area contributed by atoms with Gasteiger partial charge in [0.15, 0.2) is 0 Å². The van der Waals surface area contributed by atoms with Crippen molar-refractivity contribution in [2.45, 2.75) is 59.2 Å². The molecule has 0 bridgehead atoms. The third-order valence-corrected chi connectivity index (χ3v) is 6.46. The zero-order chi connectivity index (χ0) is 24.6. The topological polar surface area (TPSA) is 86.8 Å². The highest BCUT2D eigenvalue weighted by Crippen LogP contribution is 2.18. The number of aryl methyl sites for hydroxylation is 1. The monoisotopic (exact) mass is 473 g/mol. The molecule has 1 unspecified atom stereocenters. The number of benzene rings is 2. The van der Waals surface area contributed by atoms with Crippen molar-refractivity contribution in [3.05, 3.63) is 65.7 Å². The molecule has 0 saturated heterocycles. The number of sulfonamides is 1. The Morgan fingerprint density at radius 3 is 2.12 bits per heavy atom. The Morgan fingerprint density at radius 1 is 0.970 bits per heavy atom. The molecule has 2 aromatic carbocycles. The van der Waals surface area contributed by atoms with Crippen LogP contribution in [0.2, 0.25) is 0 Å². The number of nitrogens with zero attached hydrogens (tertiary/aromatic N) is 2. The van der Waals surface area contributed by atoms with Gasteiger partial charge in [0.05, 0.1) is 11.9 Å². The lowest BCUT2D eigenvalue weighted by molar-refractivity contribution is -0.140. The van der Waals surface area contributed by atoms with Crippen LogP contribution in [-0.4, -0.2) is 50.0 Å². The van der Waals surface area contributed by atoms with Crippen molar-refractivity contribution in [1.82, 2.24) is 10.2 Å². The second-order valence-electron chi connectivity index (χ2n) is 8.62. The van der Waals surface area contributed by atoms with Crippen LogP contribution in [0, 0.1) is 6.92 Å². The number of hydrogen-bond acceptors (Lipinski definition) is 4. The Bertz CT molecular complexity index is 1020. The van der Waals surface area contributed by atoms with E-state index in [9.17, 15) is 18.0 Å².